The highest BCUT2D eigenvalue weighted by Crippen LogP contribution is 2.23. The molecule has 0 saturated heterocycles. The van der Waals surface area contributed by atoms with E-state index in [9.17, 15) is 5.26 Å². The third-order valence-electron chi connectivity index (χ3n) is 3.10. The summed E-state index contributed by atoms with van der Waals surface area (Å²) in [5.74, 6) is 0. The van der Waals surface area contributed by atoms with Crippen LogP contribution in [0.25, 0.3) is 5.69 Å². The molecular formula is C14H14BrN3. The van der Waals surface area contributed by atoms with Crippen molar-refractivity contribution < 1.29 is 0 Å². The number of aromatic nitrogens is 2. The molecule has 0 unspecified atom stereocenters. The molecular weight excluding hydrogens is 290 g/mol. The molecule has 0 aliphatic heterocycles. The van der Waals surface area contributed by atoms with Crippen LogP contribution in [0, 0.1) is 25.2 Å². The Labute approximate surface area is 115 Å². The Morgan fingerprint density at radius 2 is 2.11 bits per heavy atom. The van der Waals surface area contributed by atoms with Crippen molar-refractivity contribution in [2.45, 2.75) is 27.2 Å². The molecule has 0 atom stereocenters. The minimum Gasteiger partial charge on any atom is -0.236 e. The maximum Gasteiger partial charge on any atom is 0.101 e. The monoisotopic (exact) mass is 303 g/mol. The second-order valence-electron chi connectivity index (χ2n) is 4.19. The van der Waals surface area contributed by atoms with E-state index in [1.165, 1.54) is 5.56 Å². The molecule has 0 amide bonds. The summed E-state index contributed by atoms with van der Waals surface area (Å²) in [6.07, 6.45) is 0.954. The van der Waals surface area contributed by atoms with Crippen LogP contribution in [0.4, 0.5) is 0 Å². The van der Waals surface area contributed by atoms with Gasteiger partial charge in [0.05, 0.1) is 16.9 Å². The van der Waals surface area contributed by atoms with E-state index in [0.717, 1.165) is 28.0 Å². The molecule has 4 heteroatoms. The lowest BCUT2D eigenvalue weighted by Crippen LogP contribution is -2.02. The van der Waals surface area contributed by atoms with Gasteiger partial charge in [-0.1, -0.05) is 22.9 Å². The molecule has 1 aromatic carbocycles. The first-order valence-corrected chi connectivity index (χ1v) is 6.63. The normalized spacial score (nSPS) is 10.4. The third-order valence-corrected chi connectivity index (χ3v) is 3.60. The average Bonchev–Trinajstić information content (AvgIpc) is 2.64. The Bertz CT molecular complexity index is 635. The van der Waals surface area contributed by atoms with Gasteiger partial charge in [0.25, 0.3) is 0 Å². The highest BCUT2D eigenvalue weighted by atomic mass is 79.9. The second-order valence-corrected chi connectivity index (χ2v) is 5.10. The molecule has 3 nitrogen and oxygen atoms in total. The summed E-state index contributed by atoms with van der Waals surface area (Å²) >= 11 is 3.38. The lowest BCUT2D eigenvalue weighted by Gasteiger charge is -2.07. The minimum absolute atomic E-state index is 0.623. The number of aryl methyl sites for hydroxylation is 1. The summed E-state index contributed by atoms with van der Waals surface area (Å²) in [6, 6.07) is 7.88. The number of hydrogen-bond acceptors (Lipinski definition) is 2. The van der Waals surface area contributed by atoms with Crippen molar-refractivity contribution >= 4 is 15.9 Å². The molecule has 0 bridgehead atoms. The Morgan fingerprint density at radius 1 is 1.39 bits per heavy atom. The van der Waals surface area contributed by atoms with Crippen molar-refractivity contribution in [2.75, 3.05) is 0 Å². The number of halogens is 1. The van der Waals surface area contributed by atoms with Gasteiger partial charge in [-0.05, 0) is 44.0 Å². The van der Waals surface area contributed by atoms with Gasteiger partial charge in [0.1, 0.15) is 6.07 Å². The Balaban J connectivity index is 2.67. The fourth-order valence-electron chi connectivity index (χ4n) is 2.20. The van der Waals surface area contributed by atoms with Crippen LogP contribution >= 0.6 is 15.9 Å². The van der Waals surface area contributed by atoms with E-state index in [-0.39, 0.29) is 0 Å². The first-order chi connectivity index (χ1) is 8.58. The highest BCUT2D eigenvalue weighted by Gasteiger charge is 2.13. The third kappa shape index (κ3) is 2.06. The molecule has 0 saturated carbocycles. The highest BCUT2D eigenvalue weighted by molar-refractivity contribution is 9.10. The van der Waals surface area contributed by atoms with Crippen LogP contribution in [0.15, 0.2) is 22.7 Å². The number of nitriles is 1. The van der Waals surface area contributed by atoms with E-state index in [4.69, 9.17) is 0 Å². The van der Waals surface area contributed by atoms with Gasteiger partial charge in [-0.25, -0.2) is 4.68 Å². The number of rotatable bonds is 2. The number of benzene rings is 1. The molecule has 1 aromatic heterocycles. The van der Waals surface area contributed by atoms with Gasteiger partial charge >= 0.3 is 0 Å². The van der Waals surface area contributed by atoms with Gasteiger partial charge in [-0.3, -0.25) is 0 Å². The van der Waals surface area contributed by atoms with Crippen LogP contribution in [-0.4, -0.2) is 9.78 Å². The zero-order valence-electron chi connectivity index (χ0n) is 10.7. The van der Waals surface area contributed by atoms with Crippen molar-refractivity contribution in [1.82, 2.24) is 9.78 Å². The maximum absolute atomic E-state index is 9.22. The zero-order valence-corrected chi connectivity index (χ0v) is 12.2. The van der Waals surface area contributed by atoms with E-state index >= 15 is 0 Å². The van der Waals surface area contributed by atoms with Gasteiger partial charge in [0.15, 0.2) is 0 Å². The summed E-state index contributed by atoms with van der Waals surface area (Å²) in [4.78, 5) is 0. The van der Waals surface area contributed by atoms with Gasteiger partial charge in [0, 0.05) is 10.2 Å². The molecule has 2 rings (SSSR count). The Hall–Kier alpha value is -1.60. The Morgan fingerprint density at radius 3 is 2.67 bits per heavy atom. The van der Waals surface area contributed by atoms with Crippen LogP contribution < -0.4 is 0 Å². The quantitative estimate of drug-likeness (QED) is 0.849. The molecule has 18 heavy (non-hydrogen) atoms. The molecule has 0 fully saturated rings. The second kappa shape index (κ2) is 4.95. The smallest absolute Gasteiger partial charge is 0.101 e. The summed E-state index contributed by atoms with van der Waals surface area (Å²) in [5, 5.41) is 13.8. The van der Waals surface area contributed by atoms with Crippen molar-refractivity contribution in [2.24, 2.45) is 0 Å². The Kier molecular flexibility index (Phi) is 3.53. The van der Waals surface area contributed by atoms with Crippen molar-refractivity contribution in [3.8, 4) is 11.8 Å². The van der Waals surface area contributed by atoms with Crippen LogP contribution in [0.1, 0.15) is 29.4 Å². The molecule has 0 N–H and O–H groups in total. The van der Waals surface area contributed by atoms with Crippen LogP contribution in [-0.2, 0) is 6.42 Å². The van der Waals surface area contributed by atoms with E-state index in [0.29, 0.717) is 5.56 Å². The lowest BCUT2D eigenvalue weighted by atomic mass is 10.1. The predicted octanol–water partition coefficient (Wildman–Crippen LogP) is 3.69. The van der Waals surface area contributed by atoms with Crippen molar-refractivity contribution in [3.05, 3.63) is 45.2 Å². The lowest BCUT2D eigenvalue weighted by molar-refractivity contribution is 0.830. The van der Waals surface area contributed by atoms with Crippen LogP contribution in [0.3, 0.4) is 0 Å². The molecule has 0 spiro atoms. The van der Waals surface area contributed by atoms with E-state index in [1.807, 2.05) is 36.7 Å². The molecule has 2 aromatic rings. The molecule has 92 valence electrons. The summed E-state index contributed by atoms with van der Waals surface area (Å²) < 4.78 is 2.76. The van der Waals surface area contributed by atoms with Crippen LogP contribution in [0.5, 0.6) is 0 Å². The first kappa shape index (κ1) is 12.8. The molecule has 1 heterocycles. The summed E-state index contributed by atoms with van der Waals surface area (Å²) in [6.45, 7) is 6.17. The van der Waals surface area contributed by atoms with E-state index in [1.54, 1.807) is 0 Å². The van der Waals surface area contributed by atoms with Crippen LogP contribution in [0.2, 0.25) is 0 Å². The van der Waals surface area contributed by atoms with Gasteiger partial charge in [-0.2, -0.15) is 10.4 Å². The van der Waals surface area contributed by atoms with E-state index in [2.05, 4.69) is 34.0 Å². The summed E-state index contributed by atoms with van der Waals surface area (Å²) in [5.41, 5.74) is 4.84. The standard InChI is InChI=1S/C14H14BrN3/c1-4-13-9(2)17-18(10(13)3)14-6-5-12(15)7-11(14)8-16/h5-7H,4H2,1-3H3. The average molecular weight is 304 g/mol. The fourth-order valence-corrected chi connectivity index (χ4v) is 2.56. The number of hydrogen-bond donors (Lipinski definition) is 0. The maximum atomic E-state index is 9.22. The van der Waals surface area contributed by atoms with Crippen molar-refractivity contribution in [3.63, 3.8) is 0 Å². The number of nitrogens with zero attached hydrogens (tertiary/aromatic N) is 3. The van der Waals surface area contributed by atoms with Gasteiger partial charge in [-0.15, -0.1) is 0 Å². The first-order valence-electron chi connectivity index (χ1n) is 5.83. The molecule has 0 aliphatic carbocycles. The zero-order chi connectivity index (χ0) is 13.3. The van der Waals surface area contributed by atoms with Gasteiger partial charge in [0.2, 0.25) is 0 Å². The van der Waals surface area contributed by atoms with E-state index < -0.39 is 0 Å². The minimum atomic E-state index is 0.623. The van der Waals surface area contributed by atoms with Crippen molar-refractivity contribution in [1.29, 1.82) is 5.26 Å². The molecule has 0 radical (unpaired) electrons. The molecule has 0 aliphatic rings. The SMILES string of the molecule is CCc1c(C)nn(-c2ccc(Br)cc2C#N)c1C. The van der Waals surface area contributed by atoms with Gasteiger partial charge < -0.3 is 0 Å². The fraction of sp³-hybridized carbons (Fsp3) is 0.286. The largest absolute Gasteiger partial charge is 0.236 e. The predicted molar refractivity (Wildman–Crippen MR) is 74.8 cm³/mol. The topological polar surface area (TPSA) is 41.6 Å². The summed E-state index contributed by atoms with van der Waals surface area (Å²) in [7, 11) is 0.